The molecule has 4 rings (SSSR count). The Bertz CT molecular complexity index is 973. The average molecular weight is 501 g/mol. The van der Waals surface area contributed by atoms with Crippen LogP contribution in [0.5, 0.6) is 11.5 Å². The van der Waals surface area contributed by atoms with E-state index in [0.717, 1.165) is 63.3 Å². The van der Waals surface area contributed by atoms with Gasteiger partial charge >= 0.3 is 0 Å². The number of ether oxygens (including phenoxy) is 2. The lowest BCUT2D eigenvalue weighted by Crippen LogP contribution is -2.47. The van der Waals surface area contributed by atoms with Gasteiger partial charge in [0, 0.05) is 39.1 Å². The monoisotopic (exact) mass is 500 g/mol. The third-order valence-electron chi connectivity index (χ3n) is 6.96. The zero-order valence-electron chi connectivity index (χ0n) is 20.7. The van der Waals surface area contributed by atoms with Gasteiger partial charge in [0.2, 0.25) is 5.91 Å². The Morgan fingerprint density at radius 1 is 1.03 bits per heavy atom. The minimum Gasteiger partial charge on any atom is -0.494 e. The Labute approximate surface area is 213 Å². The van der Waals surface area contributed by atoms with E-state index >= 15 is 0 Å². The highest BCUT2D eigenvalue weighted by atomic mass is 35.5. The molecule has 2 fully saturated rings. The summed E-state index contributed by atoms with van der Waals surface area (Å²) in [4.78, 5) is 16.2. The maximum absolute atomic E-state index is 11.9. The molecule has 0 atom stereocenters. The normalized spacial score (nSPS) is 18.5. The van der Waals surface area contributed by atoms with Crippen molar-refractivity contribution >= 4 is 17.5 Å². The van der Waals surface area contributed by atoms with Gasteiger partial charge in [0.25, 0.3) is 0 Å². The Kier molecular flexibility index (Phi) is 8.93. The number of hydrogen-bond acceptors (Lipinski definition) is 5. The van der Waals surface area contributed by atoms with Crippen molar-refractivity contribution in [3.8, 4) is 11.5 Å². The number of carbonyl (C=O) groups is 1. The van der Waals surface area contributed by atoms with E-state index in [-0.39, 0.29) is 12.5 Å². The summed E-state index contributed by atoms with van der Waals surface area (Å²) in [5.41, 5.74) is 1.47. The van der Waals surface area contributed by atoms with E-state index < -0.39 is 5.60 Å². The second-order valence-corrected chi connectivity index (χ2v) is 10.3. The fourth-order valence-electron chi connectivity index (χ4n) is 4.70. The molecule has 2 saturated heterocycles. The molecule has 0 bridgehead atoms. The first-order chi connectivity index (χ1) is 16.9. The molecule has 6 nitrogen and oxygen atoms in total. The van der Waals surface area contributed by atoms with Gasteiger partial charge in [-0.3, -0.25) is 9.69 Å². The van der Waals surface area contributed by atoms with E-state index in [9.17, 15) is 9.90 Å². The van der Waals surface area contributed by atoms with Crippen LogP contribution >= 0.6 is 11.6 Å². The molecular weight excluding hydrogens is 464 g/mol. The molecule has 2 aromatic carbocycles. The van der Waals surface area contributed by atoms with Crippen molar-refractivity contribution in [2.75, 3.05) is 39.4 Å². The molecule has 7 heteroatoms. The summed E-state index contributed by atoms with van der Waals surface area (Å²) in [7, 11) is 0. The fraction of sp³-hybridized carbons (Fsp3) is 0.536. The molecule has 0 radical (unpaired) electrons. The van der Waals surface area contributed by atoms with E-state index in [4.69, 9.17) is 21.1 Å². The number of aliphatic hydroxyl groups is 1. The van der Waals surface area contributed by atoms with Gasteiger partial charge in [-0.25, -0.2) is 0 Å². The zero-order chi connectivity index (χ0) is 24.7. The van der Waals surface area contributed by atoms with Crippen molar-refractivity contribution < 1.29 is 19.4 Å². The maximum Gasteiger partial charge on any atom is 0.222 e. The standard InChI is InChI=1S/C28H37ClN2O4/c1-22-6-11-25(29)26(19-22)35-21-28(33)12-16-30(17-13-28)20-23-7-9-24(10-8-23)34-18-4-15-31-14-3-2-5-27(31)32/h6-11,19,33H,2-5,12-18,20-21H2,1H3. The number of rotatable bonds is 10. The number of likely N-dealkylation sites (tertiary alicyclic amines) is 2. The van der Waals surface area contributed by atoms with E-state index in [1.165, 1.54) is 5.56 Å². The predicted octanol–water partition coefficient (Wildman–Crippen LogP) is 4.84. The smallest absolute Gasteiger partial charge is 0.222 e. The lowest BCUT2D eigenvalue weighted by molar-refractivity contribution is -0.133. The SMILES string of the molecule is Cc1ccc(Cl)c(OCC2(O)CCN(Cc3ccc(OCCCN4CCCCC4=O)cc3)CC2)c1. The van der Waals surface area contributed by atoms with Crippen LogP contribution in [-0.2, 0) is 11.3 Å². The minimum atomic E-state index is -0.833. The van der Waals surface area contributed by atoms with Crippen LogP contribution in [0.15, 0.2) is 42.5 Å². The van der Waals surface area contributed by atoms with E-state index in [0.29, 0.717) is 36.6 Å². The highest BCUT2D eigenvalue weighted by Crippen LogP contribution is 2.29. The number of amides is 1. The third-order valence-corrected chi connectivity index (χ3v) is 7.27. The first-order valence-electron chi connectivity index (χ1n) is 12.7. The van der Waals surface area contributed by atoms with Crippen molar-refractivity contribution in [1.29, 1.82) is 0 Å². The van der Waals surface area contributed by atoms with Crippen LogP contribution in [0, 0.1) is 6.92 Å². The Hall–Kier alpha value is -2.28. The van der Waals surface area contributed by atoms with Crippen LogP contribution in [0.25, 0.3) is 0 Å². The van der Waals surface area contributed by atoms with Gasteiger partial charge < -0.3 is 19.5 Å². The number of halogens is 1. The molecule has 2 aliphatic rings. The van der Waals surface area contributed by atoms with Crippen LogP contribution in [0.1, 0.15) is 49.7 Å². The Balaban J connectivity index is 1.16. The summed E-state index contributed by atoms with van der Waals surface area (Å²) in [5, 5.41) is 11.6. The first-order valence-corrected chi connectivity index (χ1v) is 13.1. The van der Waals surface area contributed by atoms with Crippen LogP contribution in [0.3, 0.4) is 0 Å². The van der Waals surface area contributed by atoms with E-state index in [1.807, 2.05) is 42.2 Å². The van der Waals surface area contributed by atoms with Crippen LogP contribution in [0.4, 0.5) is 0 Å². The van der Waals surface area contributed by atoms with Gasteiger partial charge in [0.1, 0.15) is 23.7 Å². The van der Waals surface area contributed by atoms with Crippen molar-refractivity contribution in [2.24, 2.45) is 0 Å². The van der Waals surface area contributed by atoms with E-state index in [1.54, 1.807) is 0 Å². The Morgan fingerprint density at radius 2 is 1.80 bits per heavy atom. The number of nitrogens with zero attached hydrogens (tertiary/aromatic N) is 2. The molecule has 190 valence electrons. The highest BCUT2D eigenvalue weighted by molar-refractivity contribution is 6.32. The van der Waals surface area contributed by atoms with Crippen molar-refractivity contribution in [2.45, 2.75) is 57.6 Å². The largest absolute Gasteiger partial charge is 0.494 e. The second-order valence-electron chi connectivity index (χ2n) is 9.91. The van der Waals surface area contributed by atoms with Crippen LogP contribution in [-0.4, -0.2) is 65.8 Å². The first kappa shape index (κ1) is 25.8. The van der Waals surface area contributed by atoms with Crippen LogP contribution in [0.2, 0.25) is 5.02 Å². The molecule has 0 aromatic heterocycles. The van der Waals surface area contributed by atoms with Crippen LogP contribution < -0.4 is 9.47 Å². The van der Waals surface area contributed by atoms with Crippen molar-refractivity contribution in [1.82, 2.24) is 9.80 Å². The predicted molar refractivity (Wildman–Crippen MR) is 138 cm³/mol. The van der Waals surface area contributed by atoms with Gasteiger partial charge in [0.05, 0.1) is 11.6 Å². The van der Waals surface area contributed by atoms with Crippen molar-refractivity contribution in [3.05, 3.63) is 58.6 Å². The zero-order valence-corrected chi connectivity index (χ0v) is 21.4. The van der Waals surface area contributed by atoms with Gasteiger partial charge in [-0.15, -0.1) is 0 Å². The number of piperidine rings is 2. The number of aryl methyl sites for hydroxylation is 1. The average Bonchev–Trinajstić information content (AvgIpc) is 2.86. The second kappa shape index (κ2) is 12.1. The third kappa shape index (κ3) is 7.60. The molecule has 0 saturated carbocycles. The molecule has 0 spiro atoms. The molecule has 0 unspecified atom stereocenters. The maximum atomic E-state index is 11.9. The molecule has 1 N–H and O–H groups in total. The fourth-order valence-corrected chi connectivity index (χ4v) is 4.87. The lowest BCUT2D eigenvalue weighted by Gasteiger charge is -2.38. The lowest BCUT2D eigenvalue weighted by atomic mass is 9.92. The summed E-state index contributed by atoms with van der Waals surface area (Å²) < 4.78 is 11.7. The molecule has 2 heterocycles. The summed E-state index contributed by atoms with van der Waals surface area (Å²) >= 11 is 6.22. The highest BCUT2D eigenvalue weighted by Gasteiger charge is 2.33. The summed E-state index contributed by atoms with van der Waals surface area (Å²) in [6.45, 7) is 7.00. The topological polar surface area (TPSA) is 62.2 Å². The number of benzene rings is 2. The number of hydrogen-bond donors (Lipinski definition) is 1. The summed E-state index contributed by atoms with van der Waals surface area (Å²) in [6, 6.07) is 13.9. The van der Waals surface area contributed by atoms with E-state index in [2.05, 4.69) is 17.0 Å². The molecule has 0 aliphatic carbocycles. The van der Waals surface area contributed by atoms with Gasteiger partial charge in [0.15, 0.2) is 0 Å². The molecule has 2 aliphatic heterocycles. The van der Waals surface area contributed by atoms with Gasteiger partial charge in [-0.2, -0.15) is 0 Å². The molecule has 2 aromatic rings. The van der Waals surface area contributed by atoms with Gasteiger partial charge in [-0.05, 0) is 74.4 Å². The quantitative estimate of drug-likeness (QED) is 0.473. The number of carbonyl (C=O) groups excluding carboxylic acids is 1. The summed E-state index contributed by atoms with van der Waals surface area (Å²) in [5.74, 6) is 1.77. The summed E-state index contributed by atoms with van der Waals surface area (Å²) in [6.07, 6.45) is 5.00. The van der Waals surface area contributed by atoms with Crippen molar-refractivity contribution in [3.63, 3.8) is 0 Å². The molecular formula is C28H37ClN2O4. The molecule has 35 heavy (non-hydrogen) atoms. The Morgan fingerprint density at radius 3 is 2.54 bits per heavy atom. The van der Waals surface area contributed by atoms with Gasteiger partial charge in [-0.1, -0.05) is 29.8 Å². The molecule has 1 amide bonds. The minimum absolute atomic E-state index is 0.252.